The highest BCUT2D eigenvalue weighted by Gasteiger charge is 2.37. The molecule has 0 bridgehead atoms. The molecule has 1 unspecified atom stereocenters. The first-order valence-corrected chi connectivity index (χ1v) is 10.7. The van der Waals surface area contributed by atoms with Crippen LogP contribution in [0, 0.1) is 5.92 Å². The lowest BCUT2D eigenvalue weighted by Crippen LogP contribution is -2.37. The minimum atomic E-state index is -0.389. The summed E-state index contributed by atoms with van der Waals surface area (Å²) >= 11 is 0. The number of anilines is 2. The van der Waals surface area contributed by atoms with Gasteiger partial charge in [0.25, 0.3) is 0 Å². The predicted octanol–water partition coefficient (Wildman–Crippen LogP) is 4.86. The van der Waals surface area contributed by atoms with Crippen LogP contribution in [0.5, 0.6) is 0 Å². The minimum absolute atomic E-state index is 0.00833. The van der Waals surface area contributed by atoms with Gasteiger partial charge in [0.1, 0.15) is 12.4 Å². The third-order valence-electron chi connectivity index (χ3n) is 5.62. The maximum absolute atomic E-state index is 12.6. The fourth-order valence-corrected chi connectivity index (χ4v) is 3.70. The highest BCUT2D eigenvalue weighted by Crippen LogP contribution is 2.27. The van der Waals surface area contributed by atoms with Gasteiger partial charge >= 0.3 is 6.09 Å². The molecule has 7 heteroatoms. The van der Waals surface area contributed by atoms with Crippen LogP contribution in [0.1, 0.15) is 48.3 Å². The van der Waals surface area contributed by atoms with Crippen molar-refractivity contribution in [2.75, 3.05) is 16.8 Å². The zero-order valence-electron chi connectivity index (χ0n) is 18.4. The number of rotatable bonds is 7. The minimum Gasteiger partial charge on any atom is -0.447 e. The van der Waals surface area contributed by atoms with E-state index in [4.69, 9.17) is 4.74 Å². The summed E-state index contributed by atoms with van der Waals surface area (Å²) in [7, 11) is 0. The molecular formula is C25H26N4O3. The van der Waals surface area contributed by atoms with Crippen LogP contribution in [0.2, 0.25) is 0 Å². The van der Waals surface area contributed by atoms with Gasteiger partial charge in [-0.3, -0.25) is 9.69 Å². The number of nitrogens with one attached hydrogen (secondary N) is 1. The van der Waals surface area contributed by atoms with E-state index in [2.05, 4.69) is 15.3 Å². The smallest absolute Gasteiger partial charge is 0.415 e. The second kappa shape index (κ2) is 9.18. The Morgan fingerprint density at radius 3 is 2.41 bits per heavy atom. The molecule has 0 aliphatic carbocycles. The molecule has 4 rings (SSSR count). The highest BCUT2D eigenvalue weighted by molar-refractivity contribution is 6.08. The van der Waals surface area contributed by atoms with Gasteiger partial charge in [0.05, 0.1) is 12.1 Å². The summed E-state index contributed by atoms with van der Waals surface area (Å²) in [5.74, 6) is 1.16. The van der Waals surface area contributed by atoms with E-state index < -0.39 is 0 Å². The number of aromatic nitrogens is 2. The number of benzene rings is 2. The zero-order chi connectivity index (χ0) is 22.7. The molecule has 1 amide bonds. The molecule has 1 aliphatic rings. The van der Waals surface area contributed by atoms with Gasteiger partial charge in [0, 0.05) is 17.3 Å². The molecule has 0 saturated carbocycles. The Hall–Kier alpha value is -3.74. The second-order valence-corrected chi connectivity index (χ2v) is 8.18. The maximum atomic E-state index is 12.6. The van der Waals surface area contributed by atoms with Crippen molar-refractivity contribution < 1.29 is 14.3 Å². The number of ketones is 1. The van der Waals surface area contributed by atoms with E-state index in [1.165, 1.54) is 0 Å². The largest absolute Gasteiger partial charge is 0.447 e. The van der Waals surface area contributed by atoms with Crippen LogP contribution < -0.4 is 10.2 Å². The Morgan fingerprint density at radius 2 is 1.72 bits per heavy atom. The zero-order valence-corrected chi connectivity index (χ0v) is 18.4. The average molecular weight is 431 g/mol. The summed E-state index contributed by atoms with van der Waals surface area (Å²) in [5.41, 5.74) is 2.29. The molecule has 1 N–H and O–H groups in total. The molecule has 1 aromatic heterocycles. The first-order chi connectivity index (χ1) is 15.4. The van der Waals surface area contributed by atoms with Gasteiger partial charge in [-0.1, -0.05) is 68.4 Å². The van der Waals surface area contributed by atoms with E-state index in [0.717, 1.165) is 5.56 Å². The molecule has 2 atom stereocenters. The third kappa shape index (κ3) is 4.46. The van der Waals surface area contributed by atoms with Crippen LogP contribution in [0.4, 0.5) is 16.6 Å². The number of carbonyl (C=O) groups is 2. The maximum Gasteiger partial charge on any atom is 0.415 e. The molecule has 1 fully saturated rings. The van der Waals surface area contributed by atoms with E-state index in [9.17, 15) is 9.59 Å². The molecule has 2 heterocycles. The van der Waals surface area contributed by atoms with Gasteiger partial charge in [0.15, 0.2) is 5.78 Å². The normalized spacial score (nSPS) is 16.7. The van der Waals surface area contributed by atoms with Crippen molar-refractivity contribution in [1.29, 1.82) is 0 Å². The first-order valence-electron chi connectivity index (χ1n) is 10.7. The fraction of sp³-hybridized carbons (Fsp3) is 0.280. The monoisotopic (exact) mass is 430 g/mol. The highest BCUT2D eigenvalue weighted by atomic mass is 16.6. The summed E-state index contributed by atoms with van der Waals surface area (Å²) < 4.78 is 5.23. The lowest BCUT2D eigenvalue weighted by Gasteiger charge is -2.23. The van der Waals surface area contributed by atoms with Gasteiger partial charge in [-0.25, -0.2) is 9.78 Å². The summed E-state index contributed by atoms with van der Waals surface area (Å²) in [6, 6.07) is 18.3. The lowest BCUT2D eigenvalue weighted by molar-refractivity contribution is 0.103. The summed E-state index contributed by atoms with van der Waals surface area (Å²) in [4.78, 5) is 35.3. The number of hydrogen-bond donors (Lipinski definition) is 1. The van der Waals surface area contributed by atoms with Crippen molar-refractivity contribution in [2.45, 2.75) is 32.9 Å². The third-order valence-corrected chi connectivity index (χ3v) is 5.62. The van der Waals surface area contributed by atoms with E-state index in [-0.39, 0.29) is 29.9 Å². The predicted molar refractivity (Wildman–Crippen MR) is 123 cm³/mol. The van der Waals surface area contributed by atoms with E-state index in [1.807, 2.05) is 75.4 Å². The van der Waals surface area contributed by atoms with Crippen molar-refractivity contribution in [3.05, 3.63) is 83.6 Å². The summed E-state index contributed by atoms with van der Waals surface area (Å²) in [6.07, 6.45) is 1.24. The molecular weight excluding hydrogens is 404 g/mol. The standard InChI is InChI=1S/C25H26N4O3/c1-16(2)21-15-32-25(31)29(21)22-13-14-26-24(28-22)27-17(3)18-9-11-20(12-10-18)23(30)19-7-5-4-6-8-19/h4-14,16-17,21H,15H2,1-3H3,(H,26,27,28)/t17-,21?/m0/s1. The van der Waals surface area contributed by atoms with E-state index in [0.29, 0.717) is 29.5 Å². The van der Waals surface area contributed by atoms with E-state index in [1.54, 1.807) is 17.2 Å². The Bertz CT molecular complexity index is 1100. The molecule has 1 saturated heterocycles. The van der Waals surface area contributed by atoms with Crippen molar-refractivity contribution in [3.63, 3.8) is 0 Å². The van der Waals surface area contributed by atoms with Crippen LogP contribution in [0.25, 0.3) is 0 Å². The fourth-order valence-electron chi connectivity index (χ4n) is 3.70. The van der Waals surface area contributed by atoms with Crippen LogP contribution in [-0.2, 0) is 4.74 Å². The number of carbonyl (C=O) groups excluding carboxylic acids is 2. The van der Waals surface area contributed by atoms with Crippen LogP contribution in [0.3, 0.4) is 0 Å². The molecule has 1 aliphatic heterocycles. The quantitative estimate of drug-likeness (QED) is 0.539. The van der Waals surface area contributed by atoms with Crippen molar-refractivity contribution in [2.24, 2.45) is 5.92 Å². The van der Waals surface area contributed by atoms with Gasteiger partial charge < -0.3 is 10.1 Å². The molecule has 0 radical (unpaired) electrons. The summed E-state index contributed by atoms with van der Waals surface area (Å²) in [6.45, 7) is 6.45. The van der Waals surface area contributed by atoms with E-state index >= 15 is 0 Å². The first kappa shape index (κ1) is 21.5. The molecule has 2 aromatic carbocycles. The van der Waals surface area contributed by atoms with Gasteiger partial charge in [-0.15, -0.1) is 0 Å². The molecule has 7 nitrogen and oxygen atoms in total. The van der Waals surface area contributed by atoms with Gasteiger partial charge in [-0.05, 0) is 24.5 Å². The lowest BCUT2D eigenvalue weighted by atomic mass is 10.0. The molecule has 164 valence electrons. The van der Waals surface area contributed by atoms with Crippen LogP contribution >= 0.6 is 0 Å². The Kier molecular flexibility index (Phi) is 6.16. The number of nitrogens with zero attached hydrogens (tertiary/aromatic N) is 3. The van der Waals surface area contributed by atoms with Crippen molar-refractivity contribution in [3.8, 4) is 0 Å². The number of cyclic esters (lactones) is 1. The molecule has 0 spiro atoms. The molecule has 32 heavy (non-hydrogen) atoms. The molecule has 3 aromatic rings. The summed E-state index contributed by atoms with van der Waals surface area (Å²) in [5, 5.41) is 3.28. The van der Waals surface area contributed by atoms with Gasteiger partial charge in [0.2, 0.25) is 5.95 Å². The van der Waals surface area contributed by atoms with Crippen LogP contribution in [-0.4, -0.2) is 34.5 Å². The van der Waals surface area contributed by atoms with Crippen molar-refractivity contribution in [1.82, 2.24) is 9.97 Å². The number of hydrogen-bond acceptors (Lipinski definition) is 6. The number of ether oxygens (including phenoxy) is 1. The van der Waals surface area contributed by atoms with Gasteiger partial charge in [-0.2, -0.15) is 4.98 Å². The Balaban J connectivity index is 1.47. The second-order valence-electron chi connectivity index (χ2n) is 8.18. The van der Waals surface area contributed by atoms with Crippen LogP contribution in [0.15, 0.2) is 66.9 Å². The van der Waals surface area contributed by atoms with Crippen molar-refractivity contribution >= 4 is 23.6 Å². The average Bonchev–Trinajstić information content (AvgIpc) is 3.21. The Labute approximate surface area is 187 Å². The Morgan fingerprint density at radius 1 is 1.03 bits per heavy atom. The SMILES string of the molecule is CC(C)C1COC(=O)N1c1ccnc(N[C@@H](C)c2ccc(C(=O)c3ccccc3)cc2)n1. The number of amides is 1. The topological polar surface area (TPSA) is 84.4 Å².